The van der Waals surface area contributed by atoms with E-state index in [1.54, 1.807) is 12.1 Å². The van der Waals surface area contributed by atoms with Crippen LogP contribution in [0.4, 0.5) is 11.4 Å². The summed E-state index contributed by atoms with van der Waals surface area (Å²) in [5.74, 6) is -1.78. The van der Waals surface area contributed by atoms with Crippen LogP contribution in [0.25, 0.3) is 0 Å². The molecule has 0 atom stereocenters. The second kappa shape index (κ2) is 6.49. The molecule has 0 spiro atoms. The van der Waals surface area contributed by atoms with E-state index in [1.165, 1.54) is 12.1 Å². The van der Waals surface area contributed by atoms with Crippen LogP contribution in [0, 0.1) is 5.41 Å². The van der Waals surface area contributed by atoms with Gasteiger partial charge in [0.1, 0.15) is 20.8 Å². The second-order valence-corrected chi connectivity index (χ2v) is 9.06. The fourth-order valence-electron chi connectivity index (χ4n) is 2.95. The van der Waals surface area contributed by atoms with Crippen LogP contribution in [-0.2, 0) is 0 Å². The summed E-state index contributed by atoms with van der Waals surface area (Å²) in [5.41, 5.74) is 1.57. The number of carboxylic acids is 2. The van der Waals surface area contributed by atoms with Gasteiger partial charge in [0.25, 0.3) is 0 Å². The highest BCUT2D eigenvalue weighted by Crippen LogP contribution is 2.49. The van der Waals surface area contributed by atoms with Crippen LogP contribution in [0.2, 0.25) is 6.04 Å². The highest BCUT2D eigenvalue weighted by atomic mass is 28.2. The second-order valence-electron chi connectivity index (χ2n) is 7.48. The first kappa shape index (κ1) is 18.0. The Bertz CT molecular complexity index is 824. The molecule has 3 rings (SSSR count). The van der Waals surface area contributed by atoms with Gasteiger partial charge < -0.3 is 19.5 Å². The lowest BCUT2D eigenvalue weighted by molar-refractivity contribution is 0.0687. The highest BCUT2D eigenvalue weighted by molar-refractivity contribution is 6.45. The number of para-hydroxylation sites is 2. The Morgan fingerprint density at radius 2 is 1.42 bits per heavy atom. The predicted molar refractivity (Wildman–Crippen MR) is 102 cm³/mol. The first-order chi connectivity index (χ1) is 12.2. The molecule has 0 saturated heterocycles. The Hall–Kier alpha value is -2.80. The van der Waals surface area contributed by atoms with Gasteiger partial charge in [-0.1, -0.05) is 32.9 Å². The molecule has 1 heterocycles. The molecule has 2 aromatic rings. The molecule has 1 aliphatic rings. The number of aromatic carboxylic acids is 2. The molecule has 0 fully saturated rings. The van der Waals surface area contributed by atoms with Gasteiger partial charge in [-0.25, -0.2) is 9.59 Å². The summed E-state index contributed by atoms with van der Waals surface area (Å²) in [5, 5.41) is 19.0. The van der Waals surface area contributed by atoms with Crippen molar-refractivity contribution in [2.75, 3.05) is 4.57 Å². The largest absolute Gasteiger partial charge is 0.478 e. The predicted octanol–water partition coefficient (Wildman–Crippen LogP) is 3.88. The van der Waals surface area contributed by atoms with Gasteiger partial charge in [-0.2, -0.15) is 0 Å². The van der Waals surface area contributed by atoms with Crippen LogP contribution in [-0.4, -0.2) is 31.8 Å². The van der Waals surface area contributed by atoms with Gasteiger partial charge in [-0.05, 0) is 35.7 Å². The molecule has 6 nitrogen and oxygen atoms in total. The zero-order chi connectivity index (χ0) is 19.1. The lowest BCUT2D eigenvalue weighted by Crippen LogP contribution is -2.29. The Kier molecular flexibility index (Phi) is 4.49. The van der Waals surface area contributed by atoms with Crippen molar-refractivity contribution in [3.63, 3.8) is 0 Å². The van der Waals surface area contributed by atoms with Gasteiger partial charge >= 0.3 is 11.9 Å². The number of benzene rings is 2. The number of ether oxygens (including phenoxy) is 1. The Balaban J connectivity index is 2.19. The minimum absolute atomic E-state index is 0.0306. The highest BCUT2D eigenvalue weighted by Gasteiger charge is 2.31. The molecule has 2 N–H and O–H groups in total. The fraction of sp³-hybridized carbons (Fsp3) is 0.263. The van der Waals surface area contributed by atoms with Gasteiger partial charge in [0.05, 0.1) is 11.4 Å². The number of rotatable bonds is 4. The topological polar surface area (TPSA) is 87.1 Å². The summed E-state index contributed by atoms with van der Waals surface area (Å²) in [6, 6.07) is 11.0. The van der Waals surface area contributed by atoms with Crippen LogP contribution in [0.3, 0.4) is 0 Å². The lowest BCUT2D eigenvalue weighted by Gasteiger charge is -2.35. The summed E-state index contributed by atoms with van der Waals surface area (Å²) in [4.78, 5) is 23.2. The molecule has 7 heteroatoms. The molecule has 2 aromatic carbocycles. The summed E-state index contributed by atoms with van der Waals surface area (Å²) in [7, 11) is -0.870. The van der Waals surface area contributed by atoms with Crippen LogP contribution < -0.4 is 9.30 Å². The molecule has 26 heavy (non-hydrogen) atoms. The van der Waals surface area contributed by atoms with Gasteiger partial charge in [-0.3, -0.25) is 0 Å². The van der Waals surface area contributed by atoms with Crippen LogP contribution in [0.5, 0.6) is 11.5 Å². The van der Waals surface area contributed by atoms with Crippen molar-refractivity contribution in [3.8, 4) is 11.5 Å². The molecule has 1 aliphatic heterocycles. The first-order valence-electron chi connectivity index (χ1n) is 8.37. The number of hydrogen-bond donors (Lipinski definition) is 2. The summed E-state index contributed by atoms with van der Waals surface area (Å²) >= 11 is 0. The Morgan fingerprint density at radius 3 is 1.81 bits per heavy atom. The molecular formula is C19H21NO5Si. The molecule has 0 aromatic heterocycles. The maximum absolute atomic E-state index is 11.6. The van der Waals surface area contributed by atoms with E-state index in [2.05, 4.69) is 25.3 Å². The number of fused-ring (bicyclic) bond motifs is 2. The third-order valence-corrected chi connectivity index (χ3v) is 7.17. The van der Waals surface area contributed by atoms with Crippen molar-refractivity contribution in [2.24, 2.45) is 5.41 Å². The van der Waals surface area contributed by atoms with Crippen molar-refractivity contribution >= 4 is 33.0 Å². The molecule has 136 valence electrons. The molecule has 0 saturated carbocycles. The number of carbonyl (C=O) groups is 2. The first-order valence-corrected chi connectivity index (χ1v) is 10.0. The molecular weight excluding hydrogens is 350 g/mol. The van der Waals surface area contributed by atoms with E-state index >= 15 is 0 Å². The fourth-order valence-corrected chi connectivity index (χ4v) is 4.82. The van der Waals surface area contributed by atoms with Crippen molar-refractivity contribution < 1.29 is 24.5 Å². The number of anilines is 2. The van der Waals surface area contributed by atoms with Crippen molar-refractivity contribution in [1.29, 1.82) is 0 Å². The van der Waals surface area contributed by atoms with Gasteiger partial charge in [0.2, 0.25) is 0 Å². The standard InChI is InChI=1S/C19H21NO5Si/c1-19(2,3)10-26-20-13-8-4-6-11(17(21)22)15(13)25-16-12(18(23)24)7-5-9-14(16)20/h4-9H,10,26H2,1-3H3,(H,21,22)(H,23,24). The van der Waals surface area contributed by atoms with Crippen molar-refractivity contribution in [1.82, 2.24) is 0 Å². The number of carboxylic acid groups (broad SMARTS) is 2. The SMILES string of the molecule is CC(C)(C)C[SiH2]N1c2cccc(C(=O)O)c2Oc2c(C(=O)O)cccc21. The van der Waals surface area contributed by atoms with Crippen molar-refractivity contribution in [2.45, 2.75) is 26.8 Å². The van der Waals surface area contributed by atoms with Crippen molar-refractivity contribution in [3.05, 3.63) is 47.5 Å². The van der Waals surface area contributed by atoms with E-state index in [-0.39, 0.29) is 28.0 Å². The number of hydrogen-bond acceptors (Lipinski definition) is 4. The van der Waals surface area contributed by atoms with Crippen LogP contribution in [0.15, 0.2) is 36.4 Å². The quantitative estimate of drug-likeness (QED) is 0.793. The van der Waals surface area contributed by atoms with Crippen LogP contribution >= 0.6 is 0 Å². The van der Waals surface area contributed by atoms with E-state index in [4.69, 9.17) is 4.74 Å². The van der Waals surface area contributed by atoms with E-state index in [0.29, 0.717) is 11.4 Å². The normalized spacial score (nSPS) is 13.3. The molecule has 0 radical (unpaired) electrons. The Labute approximate surface area is 153 Å². The van der Waals surface area contributed by atoms with E-state index < -0.39 is 21.6 Å². The smallest absolute Gasteiger partial charge is 0.339 e. The summed E-state index contributed by atoms with van der Waals surface area (Å²) in [6.07, 6.45) is 0. The van der Waals surface area contributed by atoms with Gasteiger partial charge in [0, 0.05) is 0 Å². The molecule has 0 bridgehead atoms. The van der Waals surface area contributed by atoms with E-state index in [0.717, 1.165) is 6.04 Å². The molecule has 0 aliphatic carbocycles. The molecule has 0 amide bonds. The zero-order valence-corrected chi connectivity index (χ0v) is 16.4. The third kappa shape index (κ3) is 3.30. The summed E-state index contributed by atoms with van der Waals surface area (Å²) in [6.45, 7) is 6.47. The van der Waals surface area contributed by atoms with Crippen LogP contribution in [0.1, 0.15) is 41.5 Å². The minimum Gasteiger partial charge on any atom is -0.478 e. The minimum atomic E-state index is -1.10. The van der Waals surface area contributed by atoms with E-state index in [1.807, 2.05) is 12.1 Å². The Morgan fingerprint density at radius 1 is 0.962 bits per heavy atom. The maximum atomic E-state index is 11.6. The average molecular weight is 371 g/mol. The summed E-state index contributed by atoms with van der Waals surface area (Å²) < 4.78 is 7.93. The molecule has 0 unspecified atom stereocenters. The van der Waals surface area contributed by atoms with E-state index in [9.17, 15) is 19.8 Å². The lowest BCUT2D eigenvalue weighted by atomic mass is 10.0. The van der Waals surface area contributed by atoms with Gasteiger partial charge in [-0.15, -0.1) is 0 Å². The third-order valence-electron chi connectivity index (χ3n) is 4.32. The zero-order valence-electron chi connectivity index (χ0n) is 14.9. The number of nitrogens with zero attached hydrogens (tertiary/aromatic N) is 1. The monoisotopic (exact) mass is 371 g/mol. The maximum Gasteiger partial charge on any atom is 0.339 e. The van der Waals surface area contributed by atoms with Gasteiger partial charge in [0.15, 0.2) is 11.5 Å². The average Bonchev–Trinajstić information content (AvgIpc) is 2.56.